The Labute approximate surface area is 156 Å². The highest BCUT2D eigenvalue weighted by Gasteiger charge is 2.23. The molecule has 4 N–H and O–H groups in total. The Balaban J connectivity index is 1.59. The maximum atomic E-state index is 6.15. The van der Waals surface area contributed by atoms with E-state index < -0.39 is 0 Å². The first-order chi connectivity index (χ1) is 13.3. The smallest absolute Gasteiger partial charge is 0.223 e. The number of nitrogens with two attached hydrogens (primary N) is 1. The van der Waals surface area contributed by atoms with E-state index in [0.717, 1.165) is 39.4 Å². The Kier molecular flexibility index (Phi) is 3.95. The number of ether oxygens (including phenoxy) is 1. The number of fused-ring (bicyclic) bond motifs is 2. The second-order valence-electron chi connectivity index (χ2n) is 6.84. The van der Waals surface area contributed by atoms with Gasteiger partial charge >= 0.3 is 0 Å². The molecule has 1 saturated heterocycles. The molecule has 136 valence electrons. The summed E-state index contributed by atoms with van der Waals surface area (Å²) in [4.78, 5) is 17.0. The number of aromatic amines is 1. The van der Waals surface area contributed by atoms with E-state index >= 15 is 0 Å². The van der Waals surface area contributed by atoms with Gasteiger partial charge < -0.3 is 20.8 Å². The van der Waals surface area contributed by atoms with Gasteiger partial charge in [0.1, 0.15) is 0 Å². The number of anilines is 1. The van der Waals surface area contributed by atoms with Crippen molar-refractivity contribution in [3.05, 3.63) is 49.1 Å². The summed E-state index contributed by atoms with van der Waals surface area (Å²) < 4.78 is 5.41. The quantitative estimate of drug-likeness (QED) is 0.519. The first-order valence-electron chi connectivity index (χ1n) is 9.07. The Morgan fingerprint density at radius 3 is 3.00 bits per heavy atom. The van der Waals surface area contributed by atoms with Crippen molar-refractivity contribution in [2.45, 2.75) is 18.5 Å². The number of pyridine rings is 1. The third-order valence-corrected chi connectivity index (χ3v) is 5.08. The SMILES string of the molecule is N[C@H]1COCC[C@H]1Nc1ncc2cncc(-c3c[nH]c4ccccc34)c2n1. The van der Waals surface area contributed by atoms with Gasteiger partial charge in [-0.05, 0) is 12.5 Å². The fraction of sp³-hybridized carbons (Fsp3) is 0.250. The van der Waals surface area contributed by atoms with Gasteiger partial charge in [0.25, 0.3) is 0 Å². The van der Waals surface area contributed by atoms with Crippen LogP contribution in [0.3, 0.4) is 0 Å². The predicted molar refractivity (Wildman–Crippen MR) is 105 cm³/mol. The molecule has 7 nitrogen and oxygen atoms in total. The average molecular weight is 360 g/mol. The van der Waals surface area contributed by atoms with Crippen LogP contribution in [0.1, 0.15) is 6.42 Å². The second kappa shape index (κ2) is 6.61. The lowest BCUT2D eigenvalue weighted by atomic mass is 10.0. The van der Waals surface area contributed by atoms with Crippen molar-refractivity contribution < 1.29 is 4.74 Å². The van der Waals surface area contributed by atoms with Crippen LogP contribution in [-0.4, -0.2) is 45.2 Å². The molecule has 2 atom stereocenters. The first-order valence-corrected chi connectivity index (χ1v) is 9.07. The van der Waals surface area contributed by atoms with Crippen LogP contribution in [-0.2, 0) is 4.74 Å². The van der Waals surface area contributed by atoms with Crippen LogP contribution in [0.25, 0.3) is 32.9 Å². The van der Waals surface area contributed by atoms with Crippen molar-refractivity contribution in [2.24, 2.45) is 5.73 Å². The van der Waals surface area contributed by atoms with Crippen LogP contribution in [0.2, 0.25) is 0 Å². The zero-order valence-corrected chi connectivity index (χ0v) is 14.7. The number of nitrogens with zero attached hydrogens (tertiary/aromatic N) is 3. The highest BCUT2D eigenvalue weighted by Crippen LogP contribution is 2.32. The highest BCUT2D eigenvalue weighted by atomic mass is 16.5. The van der Waals surface area contributed by atoms with Gasteiger partial charge in [-0.25, -0.2) is 9.97 Å². The molecule has 4 heterocycles. The van der Waals surface area contributed by atoms with Crippen LogP contribution >= 0.6 is 0 Å². The normalized spacial score (nSPS) is 20.2. The Hall–Kier alpha value is -3.03. The van der Waals surface area contributed by atoms with E-state index in [1.54, 1.807) is 12.4 Å². The molecule has 27 heavy (non-hydrogen) atoms. The minimum atomic E-state index is -0.0661. The van der Waals surface area contributed by atoms with Gasteiger partial charge in [0.05, 0.1) is 12.1 Å². The molecular weight excluding hydrogens is 340 g/mol. The van der Waals surface area contributed by atoms with E-state index in [1.165, 1.54) is 0 Å². The monoisotopic (exact) mass is 360 g/mol. The van der Waals surface area contributed by atoms with Gasteiger partial charge in [0, 0.05) is 70.9 Å². The molecule has 0 radical (unpaired) electrons. The predicted octanol–water partition coefficient (Wildman–Crippen LogP) is 2.70. The summed E-state index contributed by atoms with van der Waals surface area (Å²) in [6.45, 7) is 1.25. The van der Waals surface area contributed by atoms with E-state index in [9.17, 15) is 0 Å². The van der Waals surface area contributed by atoms with E-state index in [1.807, 2.05) is 24.5 Å². The molecule has 0 amide bonds. The number of aromatic nitrogens is 4. The zero-order chi connectivity index (χ0) is 18.2. The van der Waals surface area contributed by atoms with Crippen molar-refractivity contribution in [2.75, 3.05) is 18.5 Å². The standard InChI is InChI=1S/C20H20N6O/c21-16-11-27-6-5-18(16)25-20-24-8-12-7-22-9-15(19(12)26-20)14-10-23-17-4-2-1-3-13(14)17/h1-4,7-10,16,18,23H,5-6,11,21H2,(H,24,25,26)/t16-,18+/m0/s1. The number of benzene rings is 1. The summed E-state index contributed by atoms with van der Waals surface area (Å²) in [6.07, 6.45) is 8.30. The third kappa shape index (κ3) is 2.90. The molecule has 7 heteroatoms. The fourth-order valence-electron chi connectivity index (χ4n) is 3.62. The van der Waals surface area contributed by atoms with Crippen molar-refractivity contribution in [3.8, 4) is 11.1 Å². The number of hydrogen-bond acceptors (Lipinski definition) is 6. The summed E-state index contributed by atoms with van der Waals surface area (Å²) in [7, 11) is 0. The molecule has 1 aliphatic rings. The van der Waals surface area contributed by atoms with Crippen LogP contribution in [0.5, 0.6) is 0 Å². The second-order valence-corrected chi connectivity index (χ2v) is 6.84. The molecule has 0 saturated carbocycles. The maximum absolute atomic E-state index is 6.15. The molecule has 1 aromatic carbocycles. The van der Waals surface area contributed by atoms with Crippen LogP contribution < -0.4 is 11.1 Å². The lowest BCUT2D eigenvalue weighted by molar-refractivity contribution is 0.0751. The van der Waals surface area contributed by atoms with Gasteiger partial charge in [-0.2, -0.15) is 0 Å². The van der Waals surface area contributed by atoms with Gasteiger partial charge in [-0.1, -0.05) is 18.2 Å². The van der Waals surface area contributed by atoms with Gasteiger partial charge in [-0.3, -0.25) is 4.98 Å². The lowest BCUT2D eigenvalue weighted by Crippen LogP contribution is -2.47. The molecule has 0 spiro atoms. The van der Waals surface area contributed by atoms with Gasteiger partial charge in [-0.15, -0.1) is 0 Å². The number of para-hydroxylation sites is 1. The summed E-state index contributed by atoms with van der Waals surface area (Å²) >= 11 is 0. The Morgan fingerprint density at radius 2 is 2.07 bits per heavy atom. The van der Waals surface area contributed by atoms with Gasteiger partial charge in [0.2, 0.25) is 5.95 Å². The Morgan fingerprint density at radius 1 is 1.15 bits per heavy atom. The number of nitrogens with one attached hydrogen (secondary N) is 2. The zero-order valence-electron chi connectivity index (χ0n) is 14.7. The average Bonchev–Trinajstić information content (AvgIpc) is 3.13. The van der Waals surface area contributed by atoms with Crippen molar-refractivity contribution in [3.63, 3.8) is 0 Å². The summed E-state index contributed by atoms with van der Waals surface area (Å²) in [6, 6.07) is 8.25. The molecule has 1 aliphatic heterocycles. The minimum absolute atomic E-state index is 0.0661. The minimum Gasteiger partial charge on any atom is -0.380 e. The molecule has 0 bridgehead atoms. The third-order valence-electron chi connectivity index (χ3n) is 5.08. The van der Waals surface area contributed by atoms with Crippen molar-refractivity contribution in [1.82, 2.24) is 19.9 Å². The lowest BCUT2D eigenvalue weighted by Gasteiger charge is -2.29. The highest BCUT2D eigenvalue weighted by molar-refractivity contribution is 6.03. The van der Waals surface area contributed by atoms with Crippen molar-refractivity contribution >= 4 is 27.8 Å². The van der Waals surface area contributed by atoms with E-state index in [-0.39, 0.29) is 12.1 Å². The topological polar surface area (TPSA) is 102 Å². The number of rotatable bonds is 3. The molecule has 3 aromatic heterocycles. The largest absolute Gasteiger partial charge is 0.380 e. The molecule has 0 unspecified atom stereocenters. The first kappa shape index (κ1) is 16.2. The molecule has 0 aliphatic carbocycles. The fourth-order valence-corrected chi connectivity index (χ4v) is 3.62. The molecule has 1 fully saturated rings. The van der Waals surface area contributed by atoms with Gasteiger partial charge in [0.15, 0.2) is 0 Å². The van der Waals surface area contributed by atoms with E-state index in [2.05, 4.69) is 32.4 Å². The number of H-pyrrole nitrogens is 1. The molecular formula is C20H20N6O. The maximum Gasteiger partial charge on any atom is 0.223 e. The van der Waals surface area contributed by atoms with Crippen LogP contribution in [0.4, 0.5) is 5.95 Å². The summed E-state index contributed by atoms with van der Waals surface area (Å²) in [5.74, 6) is 0.581. The Bertz CT molecular complexity index is 1110. The summed E-state index contributed by atoms with van der Waals surface area (Å²) in [5.41, 5.74) is 10.2. The molecule has 5 rings (SSSR count). The van der Waals surface area contributed by atoms with E-state index in [0.29, 0.717) is 19.2 Å². The van der Waals surface area contributed by atoms with Crippen LogP contribution in [0.15, 0.2) is 49.1 Å². The van der Waals surface area contributed by atoms with E-state index in [4.69, 9.17) is 15.5 Å². The van der Waals surface area contributed by atoms with Crippen molar-refractivity contribution in [1.29, 1.82) is 0 Å². The number of hydrogen-bond donors (Lipinski definition) is 3. The molecule has 4 aromatic rings. The van der Waals surface area contributed by atoms with Crippen LogP contribution in [0, 0.1) is 0 Å². The summed E-state index contributed by atoms with van der Waals surface area (Å²) in [5, 5.41) is 5.42.